The van der Waals surface area contributed by atoms with Gasteiger partial charge in [0.15, 0.2) is 0 Å². The van der Waals surface area contributed by atoms with Crippen LogP contribution in [0.1, 0.15) is 11.1 Å². The molecule has 0 aliphatic heterocycles. The Labute approximate surface area is 114 Å². The van der Waals surface area contributed by atoms with Crippen molar-refractivity contribution in [3.63, 3.8) is 0 Å². The van der Waals surface area contributed by atoms with E-state index in [4.69, 9.17) is 11.6 Å². The molecule has 0 bridgehead atoms. The smallest absolute Gasteiger partial charge is 0.381 e. The molecule has 0 spiro atoms. The summed E-state index contributed by atoms with van der Waals surface area (Å²) in [6, 6.07) is 12.2. The van der Waals surface area contributed by atoms with E-state index in [1.807, 2.05) is 18.2 Å². The molecule has 0 saturated carbocycles. The van der Waals surface area contributed by atoms with Gasteiger partial charge in [0, 0.05) is 17.3 Å². The molecule has 0 fully saturated rings. The number of halogens is 4. The van der Waals surface area contributed by atoms with E-state index in [1.54, 1.807) is 6.07 Å². The van der Waals surface area contributed by atoms with E-state index < -0.39 is 11.7 Å². The highest BCUT2D eigenvalue weighted by atomic mass is 35.5. The van der Waals surface area contributed by atoms with E-state index in [0.29, 0.717) is 17.3 Å². The van der Waals surface area contributed by atoms with Crippen molar-refractivity contribution in [2.24, 2.45) is 0 Å². The highest BCUT2D eigenvalue weighted by molar-refractivity contribution is 6.31. The molecule has 100 valence electrons. The molecule has 0 radical (unpaired) electrons. The molecule has 2 rings (SSSR count). The number of alkyl halides is 3. The van der Waals surface area contributed by atoms with Gasteiger partial charge in [0.2, 0.25) is 0 Å². The topological polar surface area (TPSA) is 12.0 Å². The van der Waals surface area contributed by atoms with Crippen molar-refractivity contribution in [3.05, 3.63) is 64.7 Å². The Kier molecular flexibility index (Phi) is 4.00. The van der Waals surface area contributed by atoms with Crippen LogP contribution in [0.2, 0.25) is 5.02 Å². The van der Waals surface area contributed by atoms with Gasteiger partial charge in [0.25, 0.3) is 0 Å². The molecule has 0 aromatic heterocycles. The first-order valence-electron chi connectivity index (χ1n) is 5.61. The van der Waals surface area contributed by atoms with Crippen molar-refractivity contribution in [1.29, 1.82) is 0 Å². The van der Waals surface area contributed by atoms with E-state index in [1.165, 1.54) is 12.1 Å². The molecule has 0 heterocycles. The predicted molar refractivity (Wildman–Crippen MR) is 70.2 cm³/mol. The van der Waals surface area contributed by atoms with E-state index in [-0.39, 0.29) is 0 Å². The van der Waals surface area contributed by atoms with Crippen LogP contribution in [-0.2, 0) is 12.7 Å². The highest BCUT2D eigenvalue weighted by Crippen LogP contribution is 2.30. The van der Waals surface area contributed by atoms with Gasteiger partial charge in [-0.15, -0.1) is 0 Å². The average molecular weight is 286 g/mol. The molecule has 0 saturated heterocycles. The first kappa shape index (κ1) is 13.7. The first-order valence-corrected chi connectivity index (χ1v) is 5.99. The van der Waals surface area contributed by atoms with Crippen LogP contribution < -0.4 is 5.32 Å². The Morgan fingerprint density at radius 1 is 0.947 bits per heavy atom. The second kappa shape index (κ2) is 5.53. The SMILES string of the molecule is FC(F)(F)c1ccc(NCc2ccccc2Cl)cc1. The molecule has 1 nitrogen and oxygen atoms in total. The quantitative estimate of drug-likeness (QED) is 0.839. The Hall–Kier alpha value is -1.68. The lowest BCUT2D eigenvalue weighted by Gasteiger charge is -2.10. The first-order chi connectivity index (χ1) is 8.97. The summed E-state index contributed by atoms with van der Waals surface area (Å²) < 4.78 is 37.2. The average Bonchev–Trinajstić information content (AvgIpc) is 2.37. The fourth-order valence-electron chi connectivity index (χ4n) is 1.62. The van der Waals surface area contributed by atoms with Gasteiger partial charge in [-0.2, -0.15) is 13.2 Å². The second-order valence-corrected chi connectivity index (χ2v) is 4.43. The summed E-state index contributed by atoms with van der Waals surface area (Å²) in [5, 5.41) is 3.66. The van der Waals surface area contributed by atoms with Crippen LogP contribution in [0.5, 0.6) is 0 Å². The van der Waals surface area contributed by atoms with Gasteiger partial charge >= 0.3 is 6.18 Å². The molecule has 19 heavy (non-hydrogen) atoms. The zero-order valence-electron chi connectivity index (χ0n) is 9.84. The Morgan fingerprint density at radius 3 is 2.16 bits per heavy atom. The molecule has 0 aliphatic carbocycles. The van der Waals surface area contributed by atoms with Crippen molar-refractivity contribution in [1.82, 2.24) is 0 Å². The summed E-state index contributed by atoms with van der Waals surface area (Å²) in [4.78, 5) is 0. The van der Waals surface area contributed by atoms with Gasteiger partial charge in [-0.1, -0.05) is 29.8 Å². The van der Waals surface area contributed by atoms with Crippen LogP contribution in [0, 0.1) is 0 Å². The second-order valence-electron chi connectivity index (χ2n) is 4.02. The minimum Gasteiger partial charge on any atom is -0.381 e. The summed E-state index contributed by atoms with van der Waals surface area (Å²) in [5.41, 5.74) is 0.854. The third-order valence-electron chi connectivity index (χ3n) is 2.65. The zero-order valence-corrected chi connectivity index (χ0v) is 10.6. The predicted octanol–water partition coefficient (Wildman–Crippen LogP) is 4.97. The summed E-state index contributed by atoms with van der Waals surface area (Å²) in [5.74, 6) is 0. The number of hydrogen-bond donors (Lipinski definition) is 1. The van der Waals surface area contributed by atoms with Gasteiger partial charge in [0.05, 0.1) is 5.56 Å². The van der Waals surface area contributed by atoms with Crippen LogP contribution in [0.15, 0.2) is 48.5 Å². The Balaban J connectivity index is 2.03. The number of benzene rings is 2. The van der Waals surface area contributed by atoms with Crippen molar-refractivity contribution in [2.75, 3.05) is 5.32 Å². The molecular weight excluding hydrogens is 275 g/mol. The standard InChI is InChI=1S/C14H11ClF3N/c15-13-4-2-1-3-10(13)9-19-12-7-5-11(6-8-12)14(16,17)18/h1-8,19H,9H2. The lowest BCUT2D eigenvalue weighted by Crippen LogP contribution is -2.05. The molecule has 2 aromatic rings. The molecular formula is C14H11ClF3N. The molecule has 1 N–H and O–H groups in total. The van der Waals surface area contributed by atoms with Gasteiger partial charge < -0.3 is 5.32 Å². The minimum absolute atomic E-state index is 0.463. The van der Waals surface area contributed by atoms with Crippen LogP contribution in [0.4, 0.5) is 18.9 Å². The van der Waals surface area contributed by atoms with Crippen LogP contribution in [0.25, 0.3) is 0 Å². The largest absolute Gasteiger partial charge is 0.416 e. The minimum atomic E-state index is -4.30. The Bertz CT molecular complexity index is 549. The Morgan fingerprint density at radius 2 is 1.58 bits per heavy atom. The van der Waals surface area contributed by atoms with Crippen LogP contribution in [0.3, 0.4) is 0 Å². The normalized spacial score (nSPS) is 11.4. The van der Waals surface area contributed by atoms with E-state index in [9.17, 15) is 13.2 Å². The van der Waals surface area contributed by atoms with Gasteiger partial charge in [-0.25, -0.2) is 0 Å². The number of hydrogen-bond acceptors (Lipinski definition) is 1. The summed E-state index contributed by atoms with van der Waals surface area (Å²) in [7, 11) is 0. The maximum absolute atomic E-state index is 12.4. The molecule has 0 aliphatic rings. The van der Waals surface area contributed by atoms with Crippen LogP contribution in [-0.4, -0.2) is 0 Å². The molecule has 0 unspecified atom stereocenters. The maximum atomic E-state index is 12.4. The number of anilines is 1. The fraction of sp³-hybridized carbons (Fsp3) is 0.143. The zero-order chi connectivity index (χ0) is 13.9. The molecule has 0 amide bonds. The third-order valence-corrected chi connectivity index (χ3v) is 3.02. The molecule has 5 heteroatoms. The van der Waals surface area contributed by atoms with Crippen molar-refractivity contribution in [2.45, 2.75) is 12.7 Å². The third kappa shape index (κ3) is 3.64. The fourth-order valence-corrected chi connectivity index (χ4v) is 1.82. The van der Waals surface area contributed by atoms with Crippen LogP contribution >= 0.6 is 11.6 Å². The van der Waals surface area contributed by atoms with Gasteiger partial charge in [0.1, 0.15) is 0 Å². The highest BCUT2D eigenvalue weighted by Gasteiger charge is 2.29. The van der Waals surface area contributed by atoms with Gasteiger partial charge in [-0.05, 0) is 35.9 Å². The number of nitrogens with one attached hydrogen (secondary N) is 1. The molecule has 0 atom stereocenters. The maximum Gasteiger partial charge on any atom is 0.416 e. The molecule has 2 aromatic carbocycles. The van der Waals surface area contributed by atoms with Gasteiger partial charge in [-0.3, -0.25) is 0 Å². The number of rotatable bonds is 3. The van der Waals surface area contributed by atoms with Crippen molar-refractivity contribution in [3.8, 4) is 0 Å². The monoisotopic (exact) mass is 285 g/mol. The lowest BCUT2D eigenvalue weighted by atomic mass is 10.2. The summed E-state index contributed by atoms with van der Waals surface area (Å²) >= 11 is 5.99. The summed E-state index contributed by atoms with van der Waals surface area (Å²) in [6.07, 6.45) is -4.30. The summed E-state index contributed by atoms with van der Waals surface area (Å²) in [6.45, 7) is 0.463. The van der Waals surface area contributed by atoms with Crippen molar-refractivity contribution >= 4 is 17.3 Å². The lowest BCUT2D eigenvalue weighted by molar-refractivity contribution is -0.137. The van der Waals surface area contributed by atoms with Crippen molar-refractivity contribution < 1.29 is 13.2 Å². The van der Waals surface area contributed by atoms with E-state index >= 15 is 0 Å². The van der Waals surface area contributed by atoms with E-state index in [2.05, 4.69) is 5.32 Å². The van der Waals surface area contributed by atoms with E-state index in [0.717, 1.165) is 17.7 Å².